The third-order valence-electron chi connectivity index (χ3n) is 5.04. The maximum Gasteiger partial charge on any atom is 0.325 e. The van der Waals surface area contributed by atoms with Crippen LogP contribution in [-0.4, -0.2) is 41.4 Å². The highest BCUT2D eigenvalue weighted by Crippen LogP contribution is 2.28. The Morgan fingerprint density at radius 1 is 1.26 bits per heavy atom. The molecule has 1 aliphatic rings. The first kappa shape index (κ1) is 22.9. The summed E-state index contributed by atoms with van der Waals surface area (Å²) in [5.41, 5.74) is 4.72. The summed E-state index contributed by atoms with van der Waals surface area (Å²) in [6.45, 7) is 5.25. The number of imide groups is 1. The molecule has 1 aromatic carbocycles. The molecule has 1 aliphatic heterocycles. The third kappa shape index (κ3) is 4.75. The SMILES string of the molecule is CCC(N)(CC)CNC(=O)CN1C(=O)NC(C)(c2ccc(F)cc2)C1=O.Cl. The topological polar surface area (TPSA) is 105 Å². The molecule has 0 bridgehead atoms. The van der Waals surface area contributed by atoms with E-state index in [-0.39, 0.29) is 19.0 Å². The second kappa shape index (κ2) is 8.67. The highest BCUT2D eigenvalue weighted by molar-refractivity contribution is 6.09. The molecular formula is C18H26ClFN4O3. The van der Waals surface area contributed by atoms with Crippen LogP contribution >= 0.6 is 12.4 Å². The van der Waals surface area contributed by atoms with Gasteiger partial charge in [-0.3, -0.25) is 14.5 Å². The van der Waals surface area contributed by atoms with Crippen LogP contribution in [0.3, 0.4) is 0 Å². The Morgan fingerprint density at radius 3 is 2.33 bits per heavy atom. The van der Waals surface area contributed by atoms with Crippen LogP contribution in [0.25, 0.3) is 0 Å². The molecule has 1 fully saturated rings. The number of hydrogen-bond donors (Lipinski definition) is 3. The van der Waals surface area contributed by atoms with Crippen molar-refractivity contribution >= 4 is 30.3 Å². The van der Waals surface area contributed by atoms with E-state index >= 15 is 0 Å². The molecule has 9 heteroatoms. The number of nitrogens with one attached hydrogen (secondary N) is 2. The summed E-state index contributed by atoms with van der Waals surface area (Å²) < 4.78 is 13.1. The number of nitrogens with two attached hydrogens (primary N) is 1. The van der Waals surface area contributed by atoms with Crippen LogP contribution in [0.15, 0.2) is 24.3 Å². The standard InChI is InChI=1S/C18H25FN4O3.ClH/c1-4-18(20,5-2)11-21-14(24)10-23-15(25)17(3,22-16(23)26)12-6-8-13(19)9-7-12;/h6-9H,4-5,10-11,20H2,1-3H3,(H,21,24)(H,22,26);1H. The molecule has 0 aliphatic carbocycles. The first-order chi connectivity index (χ1) is 12.1. The second-order valence-electron chi connectivity index (χ2n) is 6.80. The van der Waals surface area contributed by atoms with Gasteiger partial charge in [-0.25, -0.2) is 9.18 Å². The van der Waals surface area contributed by atoms with Gasteiger partial charge in [0.1, 0.15) is 17.9 Å². The van der Waals surface area contributed by atoms with Gasteiger partial charge >= 0.3 is 6.03 Å². The van der Waals surface area contributed by atoms with E-state index in [4.69, 9.17) is 5.73 Å². The van der Waals surface area contributed by atoms with Crippen LogP contribution in [0.2, 0.25) is 0 Å². The zero-order chi connectivity index (χ0) is 19.5. The van der Waals surface area contributed by atoms with E-state index in [2.05, 4.69) is 10.6 Å². The average molecular weight is 401 g/mol. The minimum atomic E-state index is -1.34. The van der Waals surface area contributed by atoms with Crippen molar-refractivity contribution in [3.05, 3.63) is 35.6 Å². The summed E-state index contributed by atoms with van der Waals surface area (Å²) in [4.78, 5) is 37.9. The molecule has 2 rings (SSSR count). The second-order valence-corrected chi connectivity index (χ2v) is 6.80. The minimum absolute atomic E-state index is 0. The Kier molecular flexibility index (Phi) is 7.33. The molecule has 4 N–H and O–H groups in total. The molecule has 27 heavy (non-hydrogen) atoms. The number of hydrogen-bond acceptors (Lipinski definition) is 4. The van der Waals surface area contributed by atoms with Crippen LogP contribution in [-0.2, 0) is 15.1 Å². The van der Waals surface area contributed by atoms with E-state index in [1.807, 2.05) is 13.8 Å². The monoisotopic (exact) mass is 400 g/mol. The predicted octanol–water partition coefficient (Wildman–Crippen LogP) is 1.65. The first-order valence-corrected chi connectivity index (χ1v) is 8.61. The number of carbonyl (C=O) groups is 3. The molecule has 4 amide bonds. The first-order valence-electron chi connectivity index (χ1n) is 8.61. The molecule has 0 saturated carbocycles. The Labute approximate surface area is 164 Å². The molecule has 1 heterocycles. The molecule has 150 valence electrons. The lowest BCUT2D eigenvalue weighted by Crippen LogP contribution is -2.51. The zero-order valence-corrected chi connectivity index (χ0v) is 16.5. The van der Waals surface area contributed by atoms with Crippen molar-refractivity contribution in [3.63, 3.8) is 0 Å². The van der Waals surface area contributed by atoms with E-state index in [1.165, 1.54) is 31.2 Å². The van der Waals surface area contributed by atoms with Gasteiger partial charge in [0.2, 0.25) is 5.91 Å². The van der Waals surface area contributed by atoms with Crippen LogP contribution in [0.5, 0.6) is 0 Å². The lowest BCUT2D eigenvalue weighted by atomic mass is 9.92. The summed E-state index contributed by atoms with van der Waals surface area (Å²) in [6.07, 6.45) is 1.38. The summed E-state index contributed by atoms with van der Waals surface area (Å²) >= 11 is 0. The molecule has 1 unspecified atom stereocenters. The fraction of sp³-hybridized carbons (Fsp3) is 0.500. The smallest absolute Gasteiger partial charge is 0.325 e. The maximum absolute atomic E-state index is 13.1. The Balaban J connectivity index is 0.00000364. The van der Waals surface area contributed by atoms with E-state index in [0.29, 0.717) is 18.4 Å². The van der Waals surface area contributed by atoms with Gasteiger partial charge in [-0.1, -0.05) is 26.0 Å². The van der Waals surface area contributed by atoms with Crippen molar-refractivity contribution in [2.24, 2.45) is 5.73 Å². The average Bonchev–Trinajstić information content (AvgIpc) is 2.84. The van der Waals surface area contributed by atoms with E-state index < -0.39 is 41.3 Å². The van der Waals surface area contributed by atoms with Crippen molar-refractivity contribution in [3.8, 4) is 0 Å². The Bertz CT molecular complexity index is 709. The van der Waals surface area contributed by atoms with Gasteiger partial charge in [0.25, 0.3) is 5.91 Å². The normalized spacial score (nSPS) is 19.5. The van der Waals surface area contributed by atoms with Gasteiger partial charge in [-0.05, 0) is 37.5 Å². The van der Waals surface area contributed by atoms with Gasteiger partial charge < -0.3 is 16.4 Å². The van der Waals surface area contributed by atoms with Gasteiger partial charge in [-0.15, -0.1) is 12.4 Å². The molecule has 1 atom stereocenters. The molecule has 1 saturated heterocycles. The van der Waals surface area contributed by atoms with Crippen LogP contribution < -0.4 is 16.4 Å². The number of halogens is 2. The minimum Gasteiger partial charge on any atom is -0.353 e. The number of amides is 4. The predicted molar refractivity (Wildman–Crippen MR) is 102 cm³/mol. The van der Waals surface area contributed by atoms with Crippen LogP contribution in [0.4, 0.5) is 9.18 Å². The quantitative estimate of drug-likeness (QED) is 0.605. The van der Waals surface area contributed by atoms with Crippen molar-refractivity contribution < 1.29 is 18.8 Å². The van der Waals surface area contributed by atoms with Gasteiger partial charge in [0.05, 0.1) is 0 Å². The molecule has 1 aromatic rings. The highest BCUT2D eigenvalue weighted by atomic mass is 35.5. The molecule has 0 aromatic heterocycles. The van der Waals surface area contributed by atoms with Gasteiger partial charge in [0.15, 0.2) is 0 Å². The van der Waals surface area contributed by atoms with Gasteiger partial charge in [0, 0.05) is 12.1 Å². The van der Waals surface area contributed by atoms with Crippen molar-refractivity contribution in [2.45, 2.75) is 44.7 Å². The van der Waals surface area contributed by atoms with Crippen molar-refractivity contribution in [1.82, 2.24) is 15.5 Å². The van der Waals surface area contributed by atoms with Crippen LogP contribution in [0, 0.1) is 5.82 Å². The van der Waals surface area contributed by atoms with E-state index in [0.717, 1.165) is 4.90 Å². The summed E-state index contributed by atoms with van der Waals surface area (Å²) in [7, 11) is 0. The summed E-state index contributed by atoms with van der Waals surface area (Å²) in [6, 6.07) is 4.63. The van der Waals surface area contributed by atoms with Gasteiger partial charge in [-0.2, -0.15) is 0 Å². The number of carbonyl (C=O) groups excluding carboxylic acids is 3. The van der Waals surface area contributed by atoms with E-state index in [9.17, 15) is 18.8 Å². The van der Waals surface area contributed by atoms with E-state index in [1.54, 1.807) is 0 Å². The molecular weight excluding hydrogens is 375 g/mol. The third-order valence-corrected chi connectivity index (χ3v) is 5.04. The van der Waals surface area contributed by atoms with Crippen LogP contribution in [0.1, 0.15) is 39.2 Å². The number of nitrogens with zero attached hydrogens (tertiary/aromatic N) is 1. The number of benzene rings is 1. The lowest BCUT2D eigenvalue weighted by molar-refractivity contribution is -0.134. The van der Waals surface area contributed by atoms with Crippen molar-refractivity contribution in [2.75, 3.05) is 13.1 Å². The molecule has 0 radical (unpaired) electrons. The summed E-state index contributed by atoms with van der Waals surface area (Å²) in [5.74, 6) is -1.47. The molecule has 0 spiro atoms. The lowest BCUT2D eigenvalue weighted by Gasteiger charge is -2.27. The summed E-state index contributed by atoms with van der Waals surface area (Å²) in [5, 5.41) is 5.26. The number of urea groups is 1. The highest BCUT2D eigenvalue weighted by Gasteiger charge is 2.49. The fourth-order valence-corrected chi connectivity index (χ4v) is 2.79. The molecule has 7 nitrogen and oxygen atoms in total. The Hall–Kier alpha value is -2.19. The fourth-order valence-electron chi connectivity index (χ4n) is 2.79. The number of rotatable bonds is 7. The van der Waals surface area contributed by atoms with Crippen molar-refractivity contribution in [1.29, 1.82) is 0 Å². The largest absolute Gasteiger partial charge is 0.353 e. The zero-order valence-electron chi connectivity index (χ0n) is 15.7. The Morgan fingerprint density at radius 2 is 1.81 bits per heavy atom. The maximum atomic E-state index is 13.1.